The highest BCUT2D eigenvalue weighted by atomic mass is 16.2. The SMILES string of the molecule is CCCC1CCC(CN)C(N(C)CC(=O)NC(C)C)C1. The van der Waals surface area contributed by atoms with Gasteiger partial charge in [0.1, 0.15) is 0 Å². The lowest BCUT2D eigenvalue weighted by Gasteiger charge is -2.40. The van der Waals surface area contributed by atoms with Crippen molar-refractivity contribution in [2.75, 3.05) is 20.1 Å². The maximum Gasteiger partial charge on any atom is 0.234 e. The zero-order valence-corrected chi connectivity index (χ0v) is 13.7. The number of likely N-dealkylation sites (N-methyl/N-ethyl adjacent to an activating group) is 1. The van der Waals surface area contributed by atoms with Crippen molar-refractivity contribution in [1.82, 2.24) is 10.2 Å². The molecular formula is C16H33N3O. The summed E-state index contributed by atoms with van der Waals surface area (Å²) in [5.41, 5.74) is 5.94. The van der Waals surface area contributed by atoms with Crippen LogP contribution in [0.2, 0.25) is 0 Å². The van der Waals surface area contributed by atoms with Crippen molar-refractivity contribution in [3.63, 3.8) is 0 Å². The van der Waals surface area contributed by atoms with Crippen LogP contribution in [0.15, 0.2) is 0 Å². The van der Waals surface area contributed by atoms with Crippen LogP contribution in [-0.2, 0) is 4.79 Å². The molecule has 4 nitrogen and oxygen atoms in total. The largest absolute Gasteiger partial charge is 0.353 e. The van der Waals surface area contributed by atoms with E-state index in [0.29, 0.717) is 18.5 Å². The molecule has 3 atom stereocenters. The van der Waals surface area contributed by atoms with Crippen molar-refractivity contribution < 1.29 is 4.79 Å². The van der Waals surface area contributed by atoms with Crippen LogP contribution < -0.4 is 11.1 Å². The topological polar surface area (TPSA) is 58.4 Å². The normalized spacial score (nSPS) is 27.1. The summed E-state index contributed by atoms with van der Waals surface area (Å²) in [5.74, 6) is 1.47. The Morgan fingerprint density at radius 1 is 1.40 bits per heavy atom. The van der Waals surface area contributed by atoms with Crippen LogP contribution >= 0.6 is 0 Å². The number of nitrogens with zero attached hydrogens (tertiary/aromatic N) is 1. The second kappa shape index (κ2) is 8.63. The number of rotatable bonds is 7. The fourth-order valence-corrected chi connectivity index (χ4v) is 3.49. The second-order valence-electron chi connectivity index (χ2n) is 6.67. The molecule has 0 aromatic heterocycles. The molecule has 0 aromatic rings. The second-order valence-corrected chi connectivity index (χ2v) is 6.67. The first kappa shape index (κ1) is 17.4. The van der Waals surface area contributed by atoms with Gasteiger partial charge in [-0.15, -0.1) is 0 Å². The fraction of sp³-hybridized carbons (Fsp3) is 0.938. The third-order valence-corrected chi connectivity index (χ3v) is 4.47. The van der Waals surface area contributed by atoms with Crippen molar-refractivity contribution >= 4 is 5.91 Å². The average Bonchev–Trinajstić information content (AvgIpc) is 2.37. The van der Waals surface area contributed by atoms with E-state index in [1.54, 1.807) is 0 Å². The van der Waals surface area contributed by atoms with Gasteiger partial charge in [-0.05, 0) is 52.1 Å². The van der Waals surface area contributed by atoms with Gasteiger partial charge in [-0.25, -0.2) is 0 Å². The summed E-state index contributed by atoms with van der Waals surface area (Å²) in [4.78, 5) is 14.1. The molecule has 1 amide bonds. The Kier molecular flexibility index (Phi) is 7.52. The summed E-state index contributed by atoms with van der Waals surface area (Å²) in [6, 6.07) is 0.670. The molecule has 3 unspecified atom stereocenters. The summed E-state index contributed by atoms with van der Waals surface area (Å²) in [7, 11) is 2.07. The number of carbonyl (C=O) groups is 1. The van der Waals surface area contributed by atoms with E-state index < -0.39 is 0 Å². The minimum absolute atomic E-state index is 0.121. The van der Waals surface area contributed by atoms with Crippen molar-refractivity contribution in [2.24, 2.45) is 17.6 Å². The van der Waals surface area contributed by atoms with Gasteiger partial charge in [-0.1, -0.05) is 26.2 Å². The lowest BCUT2D eigenvalue weighted by atomic mass is 9.76. The number of hydrogen-bond donors (Lipinski definition) is 2. The highest BCUT2D eigenvalue weighted by Gasteiger charge is 2.32. The Hall–Kier alpha value is -0.610. The summed E-state index contributed by atoms with van der Waals surface area (Å²) < 4.78 is 0. The quantitative estimate of drug-likeness (QED) is 0.751. The van der Waals surface area contributed by atoms with Crippen LogP contribution in [0.1, 0.15) is 52.9 Å². The van der Waals surface area contributed by atoms with Crippen LogP contribution in [0, 0.1) is 11.8 Å². The number of nitrogens with two attached hydrogens (primary N) is 1. The molecule has 0 heterocycles. The van der Waals surface area contributed by atoms with Gasteiger partial charge in [-0.3, -0.25) is 9.69 Å². The molecular weight excluding hydrogens is 250 g/mol. The minimum atomic E-state index is 0.121. The number of nitrogens with one attached hydrogen (secondary N) is 1. The van der Waals surface area contributed by atoms with Gasteiger partial charge < -0.3 is 11.1 Å². The Balaban J connectivity index is 2.56. The van der Waals surface area contributed by atoms with Crippen molar-refractivity contribution in [3.05, 3.63) is 0 Å². The average molecular weight is 283 g/mol. The van der Waals surface area contributed by atoms with E-state index in [-0.39, 0.29) is 11.9 Å². The summed E-state index contributed by atoms with van der Waals surface area (Å²) >= 11 is 0. The molecule has 0 aromatic carbocycles. The van der Waals surface area contributed by atoms with Crippen molar-refractivity contribution in [1.29, 1.82) is 0 Å². The number of amides is 1. The van der Waals surface area contributed by atoms with Crippen molar-refractivity contribution in [2.45, 2.75) is 65.0 Å². The lowest BCUT2D eigenvalue weighted by Crippen LogP contribution is -2.49. The molecule has 118 valence electrons. The lowest BCUT2D eigenvalue weighted by molar-refractivity contribution is -0.123. The Morgan fingerprint density at radius 2 is 2.10 bits per heavy atom. The Labute approximate surface area is 124 Å². The Bertz CT molecular complexity index is 293. The van der Waals surface area contributed by atoms with E-state index in [0.717, 1.165) is 12.5 Å². The standard InChI is InChI=1S/C16H33N3O/c1-5-6-13-7-8-14(10-17)15(9-13)19(4)11-16(20)18-12(2)3/h12-15H,5-11,17H2,1-4H3,(H,18,20). The van der Waals surface area contributed by atoms with Gasteiger partial charge in [-0.2, -0.15) is 0 Å². The molecule has 1 aliphatic carbocycles. The predicted molar refractivity (Wildman–Crippen MR) is 84.5 cm³/mol. The zero-order chi connectivity index (χ0) is 15.1. The number of carbonyl (C=O) groups excluding carboxylic acids is 1. The van der Waals surface area contributed by atoms with Gasteiger partial charge in [0.05, 0.1) is 6.54 Å². The van der Waals surface area contributed by atoms with Gasteiger partial charge in [0.2, 0.25) is 5.91 Å². The molecule has 0 bridgehead atoms. The van der Waals surface area contributed by atoms with Crippen LogP contribution in [0.5, 0.6) is 0 Å². The molecule has 1 aliphatic rings. The summed E-state index contributed by atoms with van der Waals surface area (Å²) in [6.45, 7) is 7.47. The molecule has 0 aliphatic heterocycles. The first-order valence-corrected chi connectivity index (χ1v) is 8.17. The van der Waals surface area contributed by atoms with E-state index in [4.69, 9.17) is 5.73 Å². The predicted octanol–water partition coefficient (Wildman–Crippen LogP) is 1.99. The maximum atomic E-state index is 11.9. The molecule has 0 radical (unpaired) electrons. The van der Waals surface area contributed by atoms with E-state index in [2.05, 4.69) is 24.2 Å². The zero-order valence-electron chi connectivity index (χ0n) is 13.7. The minimum Gasteiger partial charge on any atom is -0.353 e. The van der Waals surface area contributed by atoms with E-state index in [9.17, 15) is 4.79 Å². The van der Waals surface area contributed by atoms with Gasteiger partial charge in [0.15, 0.2) is 0 Å². The fourth-order valence-electron chi connectivity index (χ4n) is 3.49. The first-order chi connectivity index (χ1) is 9.47. The number of hydrogen-bond acceptors (Lipinski definition) is 3. The molecule has 0 saturated heterocycles. The van der Waals surface area contributed by atoms with Crippen molar-refractivity contribution in [3.8, 4) is 0 Å². The monoisotopic (exact) mass is 283 g/mol. The highest BCUT2D eigenvalue weighted by Crippen LogP contribution is 2.33. The van der Waals surface area contributed by atoms with E-state index in [1.165, 1.54) is 32.1 Å². The molecule has 3 N–H and O–H groups in total. The van der Waals surface area contributed by atoms with Gasteiger partial charge >= 0.3 is 0 Å². The molecule has 20 heavy (non-hydrogen) atoms. The van der Waals surface area contributed by atoms with Crippen LogP contribution in [0.25, 0.3) is 0 Å². The van der Waals surface area contributed by atoms with Crippen LogP contribution in [0.4, 0.5) is 0 Å². The molecule has 0 spiro atoms. The maximum absolute atomic E-state index is 11.9. The molecule has 1 rings (SSSR count). The molecule has 1 saturated carbocycles. The van der Waals surface area contributed by atoms with Gasteiger partial charge in [0.25, 0.3) is 0 Å². The Morgan fingerprint density at radius 3 is 2.65 bits per heavy atom. The van der Waals surface area contributed by atoms with E-state index >= 15 is 0 Å². The van der Waals surface area contributed by atoms with Crippen LogP contribution in [-0.4, -0.2) is 43.0 Å². The van der Waals surface area contributed by atoms with Crippen LogP contribution in [0.3, 0.4) is 0 Å². The summed E-state index contributed by atoms with van der Waals surface area (Å²) in [5, 5.41) is 2.97. The summed E-state index contributed by atoms with van der Waals surface area (Å²) in [6.07, 6.45) is 6.27. The highest BCUT2D eigenvalue weighted by molar-refractivity contribution is 5.78. The molecule has 1 fully saturated rings. The molecule has 4 heteroatoms. The first-order valence-electron chi connectivity index (χ1n) is 8.17. The third kappa shape index (κ3) is 5.41. The smallest absolute Gasteiger partial charge is 0.234 e. The van der Waals surface area contributed by atoms with Gasteiger partial charge in [0, 0.05) is 12.1 Å². The third-order valence-electron chi connectivity index (χ3n) is 4.47. The van der Waals surface area contributed by atoms with E-state index in [1.807, 2.05) is 13.8 Å².